The third-order valence-corrected chi connectivity index (χ3v) is 4.54. The second kappa shape index (κ2) is 9.14. The van der Waals surface area contributed by atoms with E-state index in [0.29, 0.717) is 18.0 Å². The summed E-state index contributed by atoms with van der Waals surface area (Å²) >= 11 is 1.65. The number of hydrogen-bond donors (Lipinski definition) is 1. The van der Waals surface area contributed by atoms with Gasteiger partial charge in [-0.05, 0) is 47.7 Å². The maximum Gasteiger partial charge on any atom is 0.331 e. The van der Waals surface area contributed by atoms with Gasteiger partial charge in [0.25, 0.3) is 5.91 Å². The fraction of sp³-hybridized carbons (Fsp3) is 0.200. The first kappa shape index (κ1) is 18.8. The molecule has 0 saturated carbocycles. The predicted molar refractivity (Wildman–Crippen MR) is 103 cm³/mol. The van der Waals surface area contributed by atoms with Crippen molar-refractivity contribution in [3.05, 3.63) is 59.7 Å². The lowest BCUT2D eigenvalue weighted by molar-refractivity contribution is -0.143. The van der Waals surface area contributed by atoms with E-state index in [1.165, 1.54) is 6.08 Å². The number of benzene rings is 2. The molecular weight excluding hydrogens is 366 g/mol. The number of hydrogen-bond acceptors (Lipinski definition) is 6. The molecule has 0 aliphatic carbocycles. The molecule has 0 saturated heterocycles. The minimum atomic E-state index is -0.567. The second-order valence-electron chi connectivity index (χ2n) is 5.68. The molecular formula is C20H19NO5S. The Morgan fingerprint density at radius 3 is 2.70 bits per heavy atom. The van der Waals surface area contributed by atoms with Gasteiger partial charge in [-0.25, -0.2) is 4.79 Å². The van der Waals surface area contributed by atoms with Crippen LogP contribution >= 0.6 is 11.8 Å². The standard InChI is InChI=1S/C20H19NO5S/c1-27-16-6-2-14(3-7-16)5-9-20(23)24-12-19(22)21-11-15-4-8-17-18(10-15)26-13-25-17/h2-10H,11-13H2,1H3,(H,21,22)/b9-5+. The van der Waals surface area contributed by atoms with Crippen molar-refractivity contribution in [3.8, 4) is 11.5 Å². The fourth-order valence-corrected chi connectivity index (χ4v) is 2.77. The quantitative estimate of drug-likeness (QED) is 0.449. The van der Waals surface area contributed by atoms with Crippen molar-refractivity contribution < 1.29 is 23.8 Å². The molecule has 140 valence electrons. The third-order valence-electron chi connectivity index (χ3n) is 3.80. The first-order valence-electron chi connectivity index (χ1n) is 8.28. The molecule has 6 nitrogen and oxygen atoms in total. The summed E-state index contributed by atoms with van der Waals surface area (Å²) in [5, 5.41) is 2.69. The van der Waals surface area contributed by atoms with Gasteiger partial charge in [0.2, 0.25) is 6.79 Å². The molecule has 1 N–H and O–H groups in total. The largest absolute Gasteiger partial charge is 0.454 e. The summed E-state index contributed by atoms with van der Waals surface area (Å²) in [5.74, 6) is 0.402. The Hall–Kier alpha value is -2.93. The number of carbonyl (C=O) groups is 2. The summed E-state index contributed by atoms with van der Waals surface area (Å²) in [6, 6.07) is 13.2. The zero-order valence-corrected chi connectivity index (χ0v) is 15.6. The van der Waals surface area contributed by atoms with E-state index < -0.39 is 5.97 Å². The van der Waals surface area contributed by atoms with Crippen molar-refractivity contribution in [2.24, 2.45) is 0 Å². The number of ether oxygens (including phenoxy) is 3. The highest BCUT2D eigenvalue weighted by Crippen LogP contribution is 2.32. The number of nitrogens with one attached hydrogen (secondary N) is 1. The maximum absolute atomic E-state index is 11.8. The average Bonchev–Trinajstić information content (AvgIpc) is 3.17. The van der Waals surface area contributed by atoms with Crippen molar-refractivity contribution in [1.29, 1.82) is 0 Å². The Morgan fingerprint density at radius 2 is 1.93 bits per heavy atom. The van der Waals surface area contributed by atoms with Crippen molar-refractivity contribution in [3.63, 3.8) is 0 Å². The van der Waals surface area contributed by atoms with Crippen LogP contribution in [0.25, 0.3) is 6.08 Å². The lowest BCUT2D eigenvalue weighted by Gasteiger charge is -2.06. The first-order valence-corrected chi connectivity index (χ1v) is 9.50. The van der Waals surface area contributed by atoms with E-state index in [4.69, 9.17) is 14.2 Å². The average molecular weight is 385 g/mol. The zero-order chi connectivity index (χ0) is 19.1. The monoisotopic (exact) mass is 385 g/mol. The second-order valence-corrected chi connectivity index (χ2v) is 6.56. The van der Waals surface area contributed by atoms with Gasteiger partial charge in [-0.1, -0.05) is 18.2 Å². The molecule has 0 fully saturated rings. The van der Waals surface area contributed by atoms with Crippen molar-refractivity contribution in [1.82, 2.24) is 5.32 Å². The van der Waals surface area contributed by atoms with Gasteiger partial charge >= 0.3 is 5.97 Å². The van der Waals surface area contributed by atoms with Gasteiger partial charge in [0, 0.05) is 17.5 Å². The van der Waals surface area contributed by atoms with Gasteiger partial charge in [0.05, 0.1) is 0 Å². The molecule has 0 radical (unpaired) electrons. The van der Waals surface area contributed by atoms with E-state index in [1.54, 1.807) is 30.0 Å². The summed E-state index contributed by atoms with van der Waals surface area (Å²) in [6.07, 6.45) is 4.95. The van der Waals surface area contributed by atoms with Crippen LogP contribution < -0.4 is 14.8 Å². The van der Waals surface area contributed by atoms with Crippen LogP contribution in [0.15, 0.2) is 53.4 Å². The highest BCUT2D eigenvalue weighted by molar-refractivity contribution is 7.98. The summed E-state index contributed by atoms with van der Waals surface area (Å²) in [6.45, 7) is 0.181. The van der Waals surface area contributed by atoms with Crippen LogP contribution in [0.5, 0.6) is 11.5 Å². The van der Waals surface area contributed by atoms with Gasteiger partial charge in [0.1, 0.15) is 0 Å². The fourth-order valence-electron chi connectivity index (χ4n) is 2.37. The molecule has 0 atom stereocenters. The Kier molecular flexibility index (Phi) is 6.38. The van der Waals surface area contributed by atoms with Crippen LogP contribution in [-0.2, 0) is 20.9 Å². The molecule has 1 aliphatic heterocycles. The molecule has 7 heteroatoms. The molecule has 2 aromatic rings. The van der Waals surface area contributed by atoms with E-state index in [1.807, 2.05) is 36.6 Å². The number of fused-ring (bicyclic) bond motifs is 1. The van der Waals surface area contributed by atoms with Crippen LogP contribution in [0.2, 0.25) is 0 Å². The van der Waals surface area contributed by atoms with E-state index in [0.717, 1.165) is 16.0 Å². The van der Waals surface area contributed by atoms with Crippen LogP contribution in [0, 0.1) is 0 Å². The Morgan fingerprint density at radius 1 is 1.15 bits per heavy atom. The van der Waals surface area contributed by atoms with Gasteiger partial charge in [0.15, 0.2) is 18.1 Å². The zero-order valence-electron chi connectivity index (χ0n) is 14.8. The summed E-state index contributed by atoms with van der Waals surface area (Å²) in [4.78, 5) is 24.7. The third kappa shape index (κ3) is 5.52. The maximum atomic E-state index is 11.8. The normalized spacial score (nSPS) is 12.2. The molecule has 0 bridgehead atoms. The van der Waals surface area contributed by atoms with Crippen LogP contribution in [-0.4, -0.2) is 31.5 Å². The van der Waals surface area contributed by atoms with E-state index in [2.05, 4.69) is 5.32 Å². The Balaban J connectivity index is 1.40. The lowest BCUT2D eigenvalue weighted by atomic mass is 10.2. The number of amides is 1. The van der Waals surface area contributed by atoms with E-state index in [9.17, 15) is 9.59 Å². The molecule has 3 rings (SSSR count). The lowest BCUT2D eigenvalue weighted by Crippen LogP contribution is -2.28. The molecule has 0 aromatic heterocycles. The number of carbonyl (C=O) groups excluding carboxylic acids is 2. The number of thioether (sulfide) groups is 1. The molecule has 1 aliphatic rings. The SMILES string of the molecule is CSc1ccc(/C=C/C(=O)OCC(=O)NCc2ccc3c(c2)OCO3)cc1. The Bertz CT molecular complexity index is 848. The van der Waals surface area contributed by atoms with Gasteiger partial charge in [-0.3, -0.25) is 4.79 Å². The minimum absolute atomic E-state index is 0.205. The van der Waals surface area contributed by atoms with Crippen LogP contribution in [0.1, 0.15) is 11.1 Å². The van der Waals surface area contributed by atoms with Crippen LogP contribution in [0.4, 0.5) is 0 Å². The molecule has 27 heavy (non-hydrogen) atoms. The molecule has 1 heterocycles. The highest BCUT2D eigenvalue weighted by Gasteiger charge is 2.13. The van der Waals surface area contributed by atoms with Gasteiger partial charge in [-0.15, -0.1) is 11.8 Å². The van der Waals surface area contributed by atoms with Crippen molar-refractivity contribution >= 4 is 29.7 Å². The summed E-state index contributed by atoms with van der Waals surface area (Å²) in [7, 11) is 0. The highest BCUT2D eigenvalue weighted by atomic mass is 32.2. The van der Waals surface area contributed by atoms with Crippen LogP contribution in [0.3, 0.4) is 0 Å². The first-order chi connectivity index (χ1) is 13.1. The van der Waals surface area contributed by atoms with Gasteiger partial charge in [-0.2, -0.15) is 0 Å². The smallest absolute Gasteiger partial charge is 0.331 e. The molecule has 0 unspecified atom stereocenters. The number of rotatable bonds is 7. The number of esters is 1. The van der Waals surface area contributed by atoms with Crippen molar-refractivity contribution in [2.75, 3.05) is 19.7 Å². The summed E-state index contributed by atoms with van der Waals surface area (Å²) in [5.41, 5.74) is 1.75. The van der Waals surface area contributed by atoms with E-state index in [-0.39, 0.29) is 19.3 Å². The minimum Gasteiger partial charge on any atom is -0.454 e. The molecule has 0 spiro atoms. The topological polar surface area (TPSA) is 73.9 Å². The predicted octanol–water partition coefficient (Wildman–Crippen LogP) is 3.01. The molecule has 1 amide bonds. The Labute approximate surface area is 161 Å². The summed E-state index contributed by atoms with van der Waals surface area (Å²) < 4.78 is 15.5. The van der Waals surface area contributed by atoms with Gasteiger partial charge < -0.3 is 19.5 Å². The van der Waals surface area contributed by atoms with Crippen molar-refractivity contribution in [2.45, 2.75) is 11.4 Å². The van der Waals surface area contributed by atoms with E-state index >= 15 is 0 Å². The molecule has 2 aromatic carbocycles.